The topological polar surface area (TPSA) is 57.6 Å². The molecule has 24 heavy (non-hydrogen) atoms. The molecule has 3 rings (SSSR count). The predicted molar refractivity (Wildman–Crippen MR) is 94.6 cm³/mol. The molecule has 1 aromatic heterocycles. The Balaban J connectivity index is 1.69. The molecule has 0 unspecified atom stereocenters. The second-order valence-electron chi connectivity index (χ2n) is 6.02. The first-order valence-corrected chi connectivity index (χ1v) is 9.02. The van der Waals surface area contributed by atoms with Gasteiger partial charge in [-0.15, -0.1) is 11.3 Å². The largest absolute Gasteiger partial charge is 0.481 e. The first-order valence-electron chi connectivity index (χ1n) is 7.82. The average Bonchev–Trinajstić information content (AvgIpc) is 3.00. The molecular weight excluding hydrogens is 346 g/mol. The molecule has 1 fully saturated rings. The molecule has 1 amide bonds. The summed E-state index contributed by atoms with van der Waals surface area (Å²) in [5.41, 5.74) is -0.0841. The lowest BCUT2D eigenvalue weighted by Gasteiger charge is -2.39. The molecule has 1 aliphatic heterocycles. The molecule has 2 aromatic rings. The van der Waals surface area contributed by atoms with Crippen LogP contribution < -0.4 is 0 Å². The van der Waals surface area contributed by atoms with Crippen LogP contribution in [0.15, 0.2) is 42.5 Å². The second-order valence-corrected chi connectivity index (χ2v) is 7.82. The highest BCUT2D eigenvalue weighted by Crippen LogP contribution is 2.36. The van der Waals surface area contributed by atoms with E-state index in [2.05, 4.69) is 0 Å². The third kappa shape index (κ3) is 3.32. The number of likely N-dealkylation sites (tertiary alicyclic amines) is 1. The van der Waals surface area contributed by atoms with Gasteiger partial charge in [-0.2, -0.15) is 0 Å². The number of hydrogen-bond donors (Lipinski definition) is 1. The quantitative estimate of drug-likeness (QED) is 0.903. The van der Waals surface area contributed by atoms with E-state index in [1.807, 2.05) is 36.4 Å². The molecule has 2 heterocycles. The third-order valence-corrected chi connectivity index (χ3v) is 5.89. The summed E-state index contributed by atoms with van der Waals surface area (Å²) in [5, 5.41) is 9.79. The van der Waals surface area contributed by atoms with E-state index >= 15 is 0 Å². The van der Waals surface area contributed by atoms with Gasteiger partial charge in [0.1, 0.15) is 0 Å². The molecule has 0 atom stereocenters. The summed E-state index contributed by atoms with van der Waals surface area (Å²) in [6.07, 6.45) is 1.19. The molecule has 0 bridgehead atoms. The van der Waals surface area contributed by atoms with Crippen molar-refractivity contribution in [2.75, 3.05) is 13.1 Å². The Bertz CT molecular complexity index is 736. The molecule has 0 spiro atoms. The Labute approximate surface area is 149 Å². The highest BCUT2D eigenvalue weighted by atomic mass is 35.5. The van der Waals surface area contributed by atoms with Crippen molar-refractivity contribution >= 4 is 34.8 Å². The number of hydrogen-bond acceptors (Lipinski definition) is 3. The molecule has 1 N–H and O–H groups in total. The highest BCUT2D eigenvalue weighted by Gasteiger charge is 2.43. The highest BCUT2D eigenvalue weighted by molar-refractivity contribution is 7.16. The summed E-state index contributed by atoms with van der Waals surface area (Å²) in [6.45, 7) is 0.915. The minimum atomic E-state index is -0.899. The smallest absolute Gasteiger partial charge is 0.314 e. The number of carboxylic acid groups (broad SMARTS) is 1. The first-order chi connectivity index (χ1) is 11.5. The van der Waals surface area contributed by atoms with E-state index in [-0.39, 0.29) is 5.91 Å². The molecule has 1 aliphatic rings. The van der Waals surface area contributed by atoms with Crippen molar-refractivity contribution in [2.24, 2.45) is 0 Å². The van der Waals surface area contributed by atoms with E-state index in [0.717, 1.165) is 10.4 Å². The van der Waals surface area contributed by atoms with Gasteiger partial charge in [0, 0.05) is 18.0 Å². The number of piperidine rings is 1. The Morgan fingerprint density at radius 3 is 2.33 bits per heavy atom. The minimum absolute atomic E-state index is 0.0283. The SMILES string of the molecule is O=C(Cc1ccc(Cl)s1)N1CCC(C(=O)O)(c2ccccc2)CC1. The molecule has 0 aliphatic carbocycles. The van der Waals surface area contributed by atoms with Gasteiger partial charge in [-0.05, 0) is 30.5 Å². The maximum absolute atomic E-state index is 12.4. The first kappa shape index (κ1) is 17.0. The second kappa shape index (κ2) is 6.95. The van der Waals surface area contributed by atoms with Gasteiger partial charge in [0.2, 0.25) is 5.91 Å². The van der Waals surface area contributed by atoms with E-state index in [0.29, 0.717) is 36.7 Å². The molecule has 6 heteroatoms. The molecule has 0 saturated carbocycles. The van der Waals surface area contributed by atoms with E-state index in [1.165, 1.54) is 11.3 Å². The van der Waals surface area contributed by atoms with Crippen LogP contribution in [-0.4, -0.2) is 35.0 Å². The number of halogens is 1. The Kier molecular flexibility index (Phi) is 4.92. The van der Waals surface area contributed by atoms with Gasteiger partial charge < -0.3 is 10.0 Å². The van der Waals surface area contributed by atoms with Gasteiger partial charge >= 0.3 is 5.97 Å². The average molecular weight is 364 g/mol. The van der Waals surface area contributed by atoms with Crippen molar-refractivity contribution in [3.05, 3.63) is 57.2 Å². The summed E-state index contributed by atoms with van der Waals surface area (Å²) in [6, 6.07) is 13.0. The number of nitrogens with zero attached hydrogens (tertiary/aromatic N) is 1. The number of amides is 1. The van der Waals surface area contributed by atoms with Crippen molar-refractivity contribution in [3.63, 3.8) is 0 Å². The molecule has 1 aromatic carbocycles. The molecule has 4 nitrogen and oxygen atoms in total. The van der Waals surface area contributed by atoms with E-state index in [4.69, 9.17) is 11.6 Å². The lowest BCUT2D eigenvalue weighted by molar-refractivity contribution is -0.148. The van der Waals surface area contributed by atoms with Crippen molar-refractivity contribution in [2.45, 2.75) is 24.7 Å². The lowest BCUT2D eigenvalue weighted by Crippen LogP contribution is -2.49. The predicted octanol–water partition coefficient (Wildman–Crippen LogP) is 3.59. The van der Waals surface area contributed by atoms with Crippen LogP contribution >= 0.6 is 22.9 Å². The number of aliphatic carboxylic acids is 1. The zero-order chi connectivity index (χ0) is 17.2. The zero-order valence-electron chi connectivity index (χ0n) is 13.1. The summed E-state index contributed by atoms with van der Waals surface area (Å²) in [4.78, 5) is 27.1. The molecular formula is C18H18ClNO3S. The van der Waals surface area contributed by atoms with E-state index in [9.17, 15) is 14.7 Å². The summed E-state index contributed by atoms with van der Waals surface area (Å²) >= 11 is 7.30. The van der Waals surface area contributed by atoms with Crippen molar-refractivity contribution in [1.29, 1.82) is 0 Å². The van der Waals surface area contributed by atoms with Gasteiger partial charge in [0.25, 0.3) is 0 Å². The van der Waals surface area contributed by atoms with Crippen LogP contribution in [0.2, 0.25) is 4.34 Å². The third-order valence-electron chi connectivity index (χ3n) is 4.66. The number of carbonyl (C=O) groups is 2. The number of carbonyl (C=O) groups excluding carboxylic acids is 1. The number of thiophene rings is 1. The van der Waals surface area contributed by atoms with Crippen molar-refractivity contribution in [1.82, 2.24) is 4.90 Å². The number of carboxylic acids is 1. The summed E-state index contributed by atoms with van der Waals surface area (Å²) < 4.78 is 0.672. The molecule has 1 saturated heterocycles. The van der Waals surface area contributed by atoms with Crippen LogP contribution in [0, 0.1) is 0 Å². The van der Waals surface area contributed by atoms with Gasteiger partial charge in [-0.1, -0.05) is 41.9 Å². The fourth-order valence-electron chi connectivity index (χ4n) is 3.23. The Hall–Kier alpha value is -1.85. The van der Waals surface area contributed by atoms with E-state index in [1.54, 1.807) is 11.0 Å². The van der Waals surface area contributed by atoms with Crippen LogP contribution in [0.3, 0.4) is 0 Å². The maximum Gasteiger partial charge on any atom is 0.314 e. The van der Waals surface area contributed by atoms with E-state index < -0.39 is 11.4 Å². The van der Waals surface area contributed by atoms with Crippen molar-refractivity contribution in [3.8, 4) is 0 Å². The zero-order valence-corrected chi connectivity index (χ0v) is 14.6. The van der Waals surface area contributed by atoms with Gasteiger partial charge in [0.05, 0.1) is 16.2 Å². The molecule has 126 valence electrons. The van der Waals surface area contributed by atoms with Gasteiger partial charge in [0.15, 0.2) is 0 Å². The van der Waals surface area contributed by atoms with Crippen LogP contribution in [0.4, 0.5) is 0 Å². The summed E-state index contributed by atoms with van der Waals surface area (Å²) in [7, 11) is 0. The van der Waals surface area contributed by atoms with Crippen LogP contribution in [0.25, 0.3) is 0 Å². The lowest BCUT2D eigenvalue weighted by atomic mass is 9.73. The normalized spacial score (nSPS) is 16.8. The number of benzene rings is 1. The van der Waals surface area contributed by atoms with Gasteiger partial charge in [-0.3, -0.25) is 9.59 Å². The van der Waals surface area contributed by atoms with Crippen molar-refractivity contribution < 1.29 is 14.7 Å². The maximum atomic E-state index is 12.4. The molecule has 0 radical (unpaired) electrons. The van der Waals surface area contributed by atoms with Gasteiger partial charge in [-0.25, -0.2) is 0 Å². The van der Waals surface area contributed by atoms with Crippen LogP contribution in [0.5, 0.6) is 0 Å². The van der Waals surface area contributed by atoms with Crippen LogP contribution in [-0.2, 0) is 21.4 Å². The standard InChI is InChI=1S/C18H18ClNO3S/c19-15-7-6-14(24-15)12-16(21)20-10-8-18(9-11-20,17(22)23)13-4-2-1-3-5-13/h1-7H,8-12H2,(H,22,23). The fourth-order valence-corrected chi connectivity index (χ4v) is 4.31. The Morgan fingerprint density at radius 1 is 1.12 bits per heavy atom. The fraction of sp³-hybridized carbons (Fsp3) is 0.333. The number of rotatable bonds is 4. The summed E-state index contributed by atoms with van der Waals surface area (Å²) in [5.74, 6) is -0.786. The monoisotopic (exact) mass is 363 g/mol. The minimum Gasteiger partial charge on any atom is -0.481 e. The Morgan fingerprint density at radius 2 is 1.79 bits per heavy atom. The van der Waals surface area contributed by atoms with Crippen LogP contribution in [0.1, 0.15) is 23.3 Å².